The quantitative estimate of drug-likeness (QED) is 0.817. The first-order valence-electron chi connectivity index (χ1n) is 6.49. The van der Waals surface area contributed by atoms with Gasteiger partial charge in [0.15, 0.2) is 7.05 Å². The molecule has 0 aliphatic carbocycles. The molecule has 3 rings (SSSR count). The third-order valence-electron chi connectivity index (χ3n) is 4.06. The topological polar surface area (TPSA) is 49.4 Å². The van der Waals surface area contributed by atoms with Crippen LogP contribution in [0.5, 0.6) is 0 Å². The minimum absolute atomic E-state index is 0.234. The molecule has 2 aromatic rings. The van der Waals surface area contributed by atoms with Crippen molar-refractivity contribution in [1.82, 2.24) is 4.68 Å². The molecule has 0 bridgehead atoms. The Hall–Kier alpha value is -2.04. The highest BCUT2D eigenvalue weighted by Crippen LogP contribution is 2.26. The zero-order chi connectivity index (χ0) is 13.6. The minimum atomic E-state index is -0.685. The number of carboxylic acids is 1. The first-order chi connectivity index (χ1) is 9.06. The molecule has 1 aliphatic rings. The number of hydrogen-bond acceptors (Lipinski definition) is 2. The second-order valence-electron chi connectivity index (χ2n) is 5.24. The van der Waals surface area contributed by atoms with Crippen LogP contribution in [0.15, 0.2) is 24.4 Å². The van der Waals surface area contributed by atoms with Crippen molar-refractivity contribution in [1.29, 1.82) is 0 Å². The van der Waals surface area contributed by atoms with E-state index in [4.69, 9.17) is 5.11 Å². The lowest BCUT2D eigenvalue weighted by atomic mass is 10.1. The summed E-state index contributed by atoms with van der Waals surface area (Å²) in [5, 5.41) is 10.2. The number of nitrogens with zero attached hydrogens (tertiary/aromatic N) is 3. The molecule has 100 valence electrons. The van der Waals surface area contributed by atoms with Gasteiger partial charge in [-0.2, -0.15) is 4.68 Å². The number of rotatable bonds is 2. The van der Waals surface area contributed by atoms with Gasteiger partial charge in [0.1, 0.15) is 5.52 Å². The maximum absolute atomic E-state index is 11.0. The molecular formula is C14H18N3O2+. The summed E-state index contributed by atoms with van der Waals surface area (Å²) in [5.74, 6) is -0.919. The number of aryl methyl sites for hydroxylation is 2. The van der Waals surface area contributed by atoms with Crippen LogP contribution in [0.4, 0.5) is 5.69 Å². The van der Waals surface area contributed by atoms with Crippen molar-refractivity contribution in [2.75, 3.05) is 18.0 Å². The smallest absolute Gasteiger partial charge is 0.308 e. The van der Waals surface area contributed by atoms with E-state index in [9.17, 15) is 4.79 Å². The maximum atomic E-state index is 11.0. The average molecular weight is 260 g/mol. The second-order valence-corrected chi connectivity index (χ2v) is 5.24. The average Bonchev–Trinajstić information content (AvgIpc) is 2.96. The molecule has 1 unspecified atom stereocenters. The van der Waals surface area contributed by atoms with Crippen molar-refractivity contribution in [3.8, 4) is 0 Å². The summed E-state index contributed by atoms with van der Waals surface area (Å²) in [6.45, 7) is 1.43. The SMILES string of the molecule is Cn1c2ccc(N3CCC(C(=O)O)C3)cc2c[n+]1C. The minimum Gasteiger partial charge on any atom is -0.481 e. The summed E-state index contributed by atoms with van der Waals surface area (Å²) in [7, 11) is 4.04. The number of hydrogen-bond donors (Lipinski definition) is 1. The number of aliphatic carboxylic acids is 1. The number of aromatic nitrogens is 2. The van der Waals surface area contributed by atoms with Gasteiger partial charge in [-0.3, -0.25) is 4.79 Å². The molecule has 5 heteroatoms. The van der Waals surface area contributed by atoms with Crippen LogP contribution < -0.4 is 9.58 Å². The molecule has 1 aromatic heterocycles. The summed E-state index contributed by atoms with van der Waals surface area (Å²) >= 11 is 0. The molecule has 1 aliphatic heterocycles. The van der Waals surface area contributed by atoms with E-state index in [-0.39, 0.29) is 5.92 Å². The van der Waals surface area contributed by atoms with E-state index in [0.29, 0.717) is 6.54 Å². The van der Waals surface area contributed by atoms with Crippen LogP contribution in [0.2, 0.25) is 0 Å². The van der Waals surface area contributed by atoms with E-state index in [2.05, 4.69) is 34.0 Å². The lowest BCUT2D eigenvalue weighted by Crippen LogP contribution is -2.35. The molecule has 5 nitrogen and oxygen atoms in total. The summed E-state index contributed by atoms with van der Waals surface area (Å²) in [6, 6.07) is 6.31. The Morgan fingerprint density at radius 3 is 2.95 bits per heavy atom. The Morgan fingerprint density at radius 2 is 2.26 bits per heavy atom. The maximum Gasteiger partial charge on any atom is 0.308 e. The predicted molar refractivity (Wildman–Crippen MR) is 72.1 cm³/mol. The Morgan fingerprint density at radius 1 is 1.47 bits per heavy atom. The summed E-state index contributed by atoms with van der Waals surface area (Å²) in [4.78, 5) is 13.2. The predicted octanol–water partition coefficient (Wildman–Crippen LogP) is 0.914. The lowest BCUT2D eigenvalue weighted by Gasteiger charge is -2.17. The van der Waals surface area contributed by atoms with Gasteiger partial charge in [-0.1, -0.05) is 0 Å². The normalized spacial score (nSPS) is 19.3. The molecule has 0 radical (unpaired) electrons. The third-order valence-corrected chi connectivity index (χ3v) is 4.06. The highest BCUT2D eigenvalue weighted by Gasteiger charge is 2.28. The van der Waals surface area contributed by atoms with Crippen molar-refractivity contribution in [2.45, 2.75) is 6.42 Å². The van der Waals surface area contributed by atoms with Crippen molar-refractivity contribution in [2.24, 2.45) is 20.0 Å². The van der Waals surface area contributed by atoms with Crippen molar-refractivity contribution >= 4 is 22.6 Å². The number of fused-ring (bicyclic) bond motifs is 1. The number of anilines is 1. The number of carboxylic acid groups (broad SMARTS) is 1. The number of carbonyl (C=O) groups is 1. The standard InChI is InChI=1S/C14H17N3O2/c1-15-8-11-7-12(3-4-13(11)16(15)2)17-6-5-10(9-17)14(18)19/h3-4,7-8,10H,5-6,9H2,1-2H3/p+1. The van der Waals surface area contributed by atoms with Crippen LogP contribution in [-0.4, -0.2) is 28.8 Å². The summed E-state index contributed by atoms with van der Waals surface area (Å²) < 4.78 is 4.13. The third kappa shape index (κ3) is 1.95. The molecule has 1 atom stereocenters. The Balaban J connectivity index is 1.92. The van der Waals surface area contributed by atoms with Gasteiger partial charge in [-0.05, 0) is 24.6 Å². The van der Waals surface area contributed by atoms with E-state index in [0.717, 1.165) is 18.7 Å². The fourth-order valence-electron chi connectivity index (χ4n) is 2.79. The van der Waals surface area contributed by atoms with E-state index in [1.54, 1.807) is 0 Å². The van der Waals surface area contributed by atoms with Gasteiger partial charge >= 0.3 is 5.97 Å². The van der Waals surface area contributed by atoms with Crippen molar-refractivity contribution in [3.63, 3.8) is 0 Å². The van der Waals surface area contributed by atoms with Crippen LogP contribution in [-0.2, 0) is 18.9 Å². The van der Waals surface area contributed by atoms with E-state index < -0.39 is 5.97 Å². The fourth-order valence-corrected chi connectivity index (χ4v) is 2.79. The first kappa shape index (κ1) is 12.0. The molecule has 1 aromatic carbocycles. The van der Waals surface area contributed by atoms with Gasteiger partial charge in [0, 0.05) is 18.8 Å². The molecule has 1 saturated heterocycles. The Bertz CT molecular complexity index is 647. The van der Waals surface area contributed by atoms with Gasteiger partial charge < -0.3 is 10.0 Å². The molecular weight excluding hydrogens is 242 g/mol. The zero-order valence-electron chi connectivity index (χ0n) is 11.2. The molecule has 1 fully saturated rings. The van der Waals surface area contributed by atoms with Gasteiger partial charge in [0.2, 0.25) is 6.20 Å². The Labute approximate surface area is 111 Å². The molecule has 19 heavy (non-hydrogen) atoms. The van der Waals surface area contributed by atoms with Crippen molar-refractivity contribution < 1.29 is 14.6 Å². The van der Waals surface area contributed by atoms with Crippen LogP contribution in [0.1, 0.15) is 6.42 Å². The zero-order valence-corrected chi connectivity index (χ0v) is 11.2. The van der Waals surface area contributed by atoms with E-state index >= 15 is 0 Å². The highest BCUT2D eigenvalue weighted by atomic mass is 16.4. The highest BCUT2D eigenvalue weighted by molar-refractivity contribution is 5.82. The van der Waals surface area contributed by atoms with Crippen LogP contribution in [0.25, 0.3) is 10.9 Å². The first-order valence-corrected chi connectivity index (χ1v) is 6.49. The summed E-state index contributed by atoms with van der Waals surface area (Å²) in [6.07, 6.45) is 2.82. The monoisotopic (exact) mass is 260 g/mol. The largest absolute Gasteiger partial charge is 0.481 e. The lowest BCUT2D eigenvalue weighted by molar-refractivity contribution is -0.748. The van der Waals surface area contributed by atoms with Gasteiger partial charge in [-0.25, -0.2) is 0 Å². The van der Waals surface area contributed by atoms with E-state index in [1.807, 2.05) is 18.8 Å². The molecule has 0 amide bonds. The van der Waals surface area contributed by atoms with E-state index in [1.165, 1.54) is 10.9 Å². The summed E-state index contributed by atoms with van der Waals surface area (Å²) in [5.41, 5.74) is 2.29. The molecule has 0 spiro atoms. The molecule has 0 saturated carbocycles. The van der Waals surface area contributed by atoms with Gasteiger partial charge in [0.25, 0.3) is 0 Å². The molecule has 2 heterocycles. The van der Waals surface area contributed by atoms with Gasteiger partial charge in [0.05, 0.1) is 18.4 Å². The van der Waals surface area contributed by atoms with Crippen LogP contribution >= 0.6 is 0 Å². The number of benzene rings is 1. The van der Waals surface area contributed by atoms with Crippen LogP contribution in [0, 0.1) is 5.92 Å². The van der Waals surface area contributed by atoms with Gasteiger partial charge in [-0.15, -0.1) is 4.68 Å². The van der Waals surface area contributed by atoms with Crippen LogP contribution in [0.3, 0.4) is 0 Å². The fraction of sp³-hybridized carbons (Fsp3) is 0.429. The second kappa shape index (κ2) is 4.26. The molecule has 1 N–H and O–H groups in total. The van der Waals surface area contributed by atoms with Crippen molar-refractivity contribution in [3.05, 3.63) is 24.4 Å². The Kier molecular flexibility index (Phi) is 2.69.